The molecule has 0 aromatic heterocycles. The minimum absolute atomic E-state index is 0.197. The van der Waals surface area contributed by atoms with Crippen molar-refractivity contribution >= 4 is 57.9 Å². The number of anilines is 2. The number of carbonyl (C=O) groups is 1. The third-order valence-electron chi connectivity index (χ3n) is 4.82. The molecule has 1 aliphatic rings. The van der Waals surface area contributed by atoms with Crippen LogP contribution in [0.4, 0.5) is 11.4 Å². The molecule has 2 aromatic carbocycles. The third-order valence-corrected chi connectivity index (χ3v) is 6.11. The molecule has 7 heteroatoms. The first-order valence-electron chi connectivity index (χ1n) is 9.87. The number of amides is 1. The zero-order chi connectivity index (χ0) is 21.7. The second kappa shape index (κ2) is 9.91. The van der Waals surface area contributed by atoms with Crippen LogP contribution in [0, 0.1) is 0 Å². The summed E-state index contributed by atoms with van der Waals surface area (Å²) in [5.41, 5.74) is 4.16. The average Bonchev–Trinajstić information content (AvgIpc) is 3.01. The fourth-order valence-corrected chi connectivity index (χ4v) is 4.24. The summed E-state index contributed by atoms with van der Waals surface area (Å²) in [6.45, 7) is 6.20. The first-order valence-corrected chi connectivity index (χ1v) is 11.1. The maximum atomic E-state index is 12.8. The molecule has 0 spiro atoms. The fraction of sp³-hybridized carbons (Fsp3) is 0.261. The second-order valence-corrected chi connectivity index (χ2v) is 8.66. The molecular formula is C23H26N4OS2. The number of thiocarbonyl (C=S) groups is 1. The first kappa shape index (κ1) is 22.1. The van der Waals surface area contributed by atoms with Crippen LogP contribution in [0.5, 0.6) is 0 Å². The standard InChI is InChI=1S/C23H26N4OS2/c1-5-26(6-2)20-13-9-18(10-14-20)16-24-27-22(28)21(30-23(27)29)15-17-7-11-19(12-8-17)25(3)4/h7-16H,5-6H2,1-4H3/b21-15+,24-16+. The van der Waals surface area contributed by atoms with Gasteiger partial charge in [-0.25, -0.2) is 0 Å². The average molecular weight is 439 g/mol. The summed E-state index contributed by atoms with van der Waals surface area (Å²) < 4.78 is 0.437. The van der Waals surface area contributed by atoms with Crippen molar-refractivity contribution in [2.75, 3.05) is 37.0 Å². The lowest BCUT2D eigenvalue weighted by Crippen LogP contribution is -2.22. The van der Waals surface area contributed by atoms with Crippen molar-refractivity contribution in [3.05, 3.63) is 64.6 Å². The van der Waals surface area contributed by atoms with Gasteiger partial charge in [0, 0.05) is 38.6 Å². The minimum atomic E-state index is -0.197. The molecule has 1 amide bonds. The fourth-order valence-electron chi connectivity index (χ4n) is 3.06. The van der Waals surface area contributed by atoms with E-state index in [-0.39, 0.29) is 5.91 Å². The molecule has 0 radical (unpaired) electrons. The highest BCUT2D eigenvalue weighted by atomic mass is 32.2. The summed E-state index contributed by atoms with van der Waals surface area (Å²) in [5.74, 6) is -0.197. The van der Waals surface area contributed by atoms with Gasteiger partial charge in [0.15, 0.2) is 4.32 Å². The highest BCUT2D eigenvalue weighted by Gasteiger charge is 2.32. The van der Waals surface area contributed by atoms with Crippen molar-refractivity contribution < 1.29 is 4.79 Å². The van der Waals surface area contributed by atoms with E-state index in [1.165, 1.54) is 22.5 Å². The smallest absolute Gasteiger partial charge is 0.286 e. The van der Waals surface area contributed by atoms with E-state index in [0.29, 0.717) is 9.23 Å². The van der Waals surface area contributed by atoms with E-state index in [2.05, 4.69) is 36.0 Å². The number of rotatable bonds is 7. The predicted octanol–water partition coefficient (Wildman–Crippen LogP) is 4.83. The van der Waals surface area contributed by atoms with Crippen molar-refractivity contribution in [2.45, 2.75) is 13.8 Å². The van der Waals surface area contributed by atoms with Gasteiger partial charge in [-0.2, -0.15) is 10.1 Å². The van der Waals surface area contributed by atoms with Gasteiger partial charge in [0.05, 0.1) is 11.1 Å². The van der Waals surface area contributed by atoms with Gasteiger partial charge in [-0.15, -0.1) is 0 Å². The summed E-state index contributed by atoms with van der Waals surface area (Å²) >= 11 is 6.64. The van der Waals surface area contributed by atoms with E-state index in [0.717, 1.165) is 29.9 Å². The van der Waals surface area contributed by atoms with E-state index < -0.39 is 0 Å². The van der Waals surface area contributed by atoms with Gasteiger partial charge >= 0.3 is 0 Å². The molecule has 30 heavy (non-hydrogen) atoms. The maximum absolute atomic E-state index is 12.8. The van der Waals surface area contributed by atoms with E-state index in [1.54, 1.807) is 6.21 Å². The van der Waals surface area contributed by atoms with Gasteiger partial charge in [-0.05, 0) is 67.5 Å². The largest absolute Gasteiger partial charge is 0.378 e. The molecule has 0 N–H and O–H groups in total. The topological polar surface area (TPSA) is 39.1 Å². The lowest BCUT2D eigenvalue weighted by molar-refractivity contribution is -0.122. The normalized spacial score (nSPS) is 15.5. The van der Waals surface area contributed by atoms with Crippen molar-refractivity contribution in [1.29, 1.82) is 0 Å². The maximum Gasteiger partial charge on any atom is 0.286 e. The lowest BCUT2D eigenvalue weighted by Gasteiger charge is -2.20. The first-order chi connectivity index (χ1) is 14.4. The highest BCUT2D eigenvalue weighted by Crippen LogP contribution is 2.33. The second-order valence-electron chi connectivity index (χ2n) is 6.99. The molecule has 156 valence electrons. The number of hydrogen-bond acceptors (Lipinski definition) is 6. The molecular weight excluding hydrogens is 412 g/mol. The minimum Gasteiger partial charge on any atom is -0.378 e. The molecule has 1 fully saturated rings. The van der Waals surface area contributed by atoms with Crippen molar-refractivity contribution in [1.82, 2.24) is 5.01 Å². The summed E-state index contributed by atoms with van der Waals surface area (Å²) in [5, 5.41) is 5.63. The quantitative estimate of drug-likeness (QED) is 0.352. The number of thioether (sulfide) groups is 1. The Morgan fingerprint density at radius 3 is 2.10 bits per heavy atom. The van der Waals surface area contributed by atoms with Gasteiger partial charge in [0.25, 0.3) is 5.91 Å². The van der Waals surface area contributed by atoms with Crippen LogP contribution in [0.1, 0.15) is 25.0 Å². The van der Waals surface area contributed by atoms with Gasteiger partial charge in [0.2, 0.25) is 0 Å². The third kappa shape index (κ3) is 5.09. The molecule has 0 aliphatic carbocycles. The van der Waals surface area contributed by atoms with Crippen LogP contribution in [0.2, 0.25) is 0 Å². The molecule has 1 saturated heterocycles. The lowest BCUT2D eigenvalue weighted by atomic mass is 10.2. The van der Waals surface area contributed by atoms with Gasteiger partial charge in [0.1, 0.15) is 0 Å². The molecule has 3 rings (SSSR count). The Labute approximate surface area is 188 Å². The van der Waals surface area contributed by atoms with Crippen LogP contribution in [0.15, 0.2) is 58.5 Å². The molecule has 1 aliphatic heterocycles. The van der Waals surface area contributed by atoms with E-state index in [9.17, 15) is 4.79 Å². The highest BCUT2D eigenvalue weighted by molar-refractivity contribution is 8.26. The summed E-state index contributed by atoms with van der Waals surface area (Å²) in [4.78, 5) is 17.6. The number of hydrogen-bond donors (Lipinski definition) is 0. The molecule has 2 aromatic rings. The Kier molecular flexibility index (Phi) is 7.29. The SMILES string of the molecule is CCN(CC)c1ccc(/C=N/N2C(=O)/C(=C\c3ccc(N(C)C)cc3)SC2=S)cc1. The molecule has 0 atom stereocenters. The Morgan fingerprint density at radius 1 is 0.967 bits per heavy atom. The van der Waals surface area contributed by atoms with Crippen LogP contribution < -0.4 is 9.80 Å². The molecule has 0 bridgehead atoms. The molecule has 5 nitrogen and oxygen atoms in total. The van der Waals surface area contributed by atoms with E-state index >= 15 is 0 Å². The Hall–Kier alpha value is -2.64. The van der Waals surface area contributed by atoms with Crippen LogP contribution in [-0.4, -0.2) is 48.6 Å². The Bertz CT molecular complexity index is 962. The van der Waals surface area contributed by atoms with Gasteiger partial charge in [-0.1, -0.05) is 36.0 Å². The molecule has 0 saturated carbocycles. The van der Waals surface area contributed by atoms with Crippen LogP contribution in [-0.2, 0) is 4.79 Å². The van der Waals surface area contributed by atoms with Gasteiger partial charge < -0.3 is 9.80 Å². The Balaban J connectivity index is 1.71. The molecule has 0 unspecified atom stereocenters. The zero-order valence-corrected chi connectivity index (χ0v) is 19.3. The van der Waals surface area contributed by atoms with Crippen molar-refractivity contribution in [2.24, 2.45) is 5.10 Å². The van der Waals surface area contributed by atoms with Gasteiger partial charge in [-0.3, -0.25) is 4.79 Å². The van der Waals surface area contributed by atoms with E-state index in [4.69, 9.17) is 12.2 Å². The molecule has 1 heterocycles. The van der Waals surface area contributed by atoms with E-state index in [1.807, 2.05) is 61.5 Å². The number of benzene rings is 2. The number of hydrazone groups is 1. The summed E-state index contributed by atoms with van der Waals surface area (Å²) in [7, 11) is 3.99. The summed E-state index contributed by atoms with van der Waals surface area (Å²) in [6, 6.07) is 16.1. The Morgan fingerprint density at radius 2 is 1.53 bits per heavy atom. The predicted molar refractivity (Wildman–Crippen MR) is 133 cm³/mol. The zero-order valence-electron chi connectivity index (χ0n) is 17.7. The van der Waals surface area contributed by atoms with Crippen molar-refractivity contribution in [3.63, 3.8) is 0 Å². The monoisotopic (exact) mass is 438 g/mol. The number of carbonyl (C=O) groups excluding carboxylic acids is 1. The van der Waals surface area contributed by atoms with Crippen LogP contribution in [0.25, 0.3) is 6.08 Å². The van der Waals surface area contributed by atoms with Crippen LogP contribution in [0.3, 0.4) is 0 Å². The summed E-state index contributed by atoms with van der Waals surface area (Å²) in [6.07, 6.45) is 3.53. The van der Waals surface area contributed by atoms with Crippen LogP contribution >= 0.6 is 24.0 Å². The van der Waals surface area contributed by atoms with Crippen molar-refractivity contribution in [3.8, 4) is 0 Å². The number of nitrogens with zero attached hydrogens (tertiary/aromatic N) is 4.